The zero-order valence-corrected chi connectivity index (χ0v) is 23.7. The van der Waals surface area contributed by atoms with Crippen LogP contribution in [0.1, 0.15) is 38.4 Å². The van der Waals surface area contributed by atoms with Crippen molar-refractivity contribution in [2.24, 2.45) is 9.98 Å². The van der Waals surface area contributed by atoms with Gasteiger partial charge in [0.2, 0.25) is 0 Å². The number of nitrogen functional groups attached to an aromatic ring is 1. The van der Waals surface area contributed by atoms with Gasteiger partial charge in [-0.05, 0) is 48.8 Å². The van der Waals surface area contributed by atoms with Crippen LogP contribution in [0.15, 0.2) is 88.7 Å². The number of alkyl halides is 3. The number of ether oxygens (including phenoxy) is 1. The third-order valence-electron chi connectivity index (χ3n) is 6.64. The normalized spacial score (nSPS) is 16.1. The van der Waals surface area contributed by atoms with Gasteiger partial charge >= 0.3 is 6.18 Å². The molecule has 1 aromatic carbocycles. The Kier molecular flexibility index (Phi) is 7.98. The van der Waals surface area contributed by atoms with E-state index in [1.165, 1.54) is 24.7 Å². The van der Waals surface area contributed by atoms with E-state index in [4.69, 9.17) is 20.6 Å². The topological polar surface area (TPSA) is 107 Å². The molecule has 13 heteroatoms. The van der Waals surface area contributed by atoms with Crippen molar-refractivity contribution >= 4 is 39.7 Å². The second kappa shape index (κ2) is 11.7. The average Bonchev–Trinajstić information content (AvgIpc) is 3.32. The molecule has 2 aromatic heterocycles. The maximum Gasteiger partial charge on any atom is 0.422 e. The van der Waals surface area contributed by atoms with Gasteiger partial charge in [0, 0.05) is 30.1 Å². The largest absolute Gasteiger partial charge is 0.471 e. The minimum atomic E-state index is -4.48. The zero-order valence-electron chi connectivity index (χ0n) is 23.7. The standard InChI is InChI=1S/C30H28F4N8O/c1-5-24(43-15-30(32,33)34)36-12-18(3)27-26-28(35)37-16-38-29(26)42(40-27)14-22-25(20-7-6-8-21(31)11-20)19(4)41-13-17(2)9-10-23(41)39-22/h6-13,16H,4-5,14-15H2,1-3H3,(H2,35,37,38)/b18-12+,36-24+. The van der Waals surface area contributed by atoms with Crippen molar-refractivity contribution in [2.45, 2.75) is 39.9 Å². The number of anilines is 1. The Balaban J connectivity index is 1.60. The van der Waals surface area contributed by atoms with Crippen LogP contribution in [0.5, 0.6) is 0 Å². The molecule has 0 saturated heterocycles. The molecule has 5 rings (SSSR count). The van der Waals surface area contributed by atoms with E-state index in [1.54, 1.807) is 30.7 Å². The predicted octanol–water partition coefficient (Wildman–Crippen LogP) is 6.41. The number of hydrogen-bond donors (Lipinski definition) is 1. The second-order valence-corrected chi connectivity index (χ2v) is 9.88. The molecule has 2 aliphatic heterocycles. The number of amidine groups is 1. The Bertz CT molecular complexity index is 1790. The Morgan fingerprint density at radius 2 is 2.00 bits per heavy atom. The van der Waals surface area contributed by atoms with E-state index in [0.717, 1.165) is 5.57 Å². The first-order valence-corrected chi connectivity index (χ1v) is 13.3. The maximum atomic E-state index is 14.4. The predicted molar refractivity (Wildman–Crippen MR) is 158 cm³/mol. The number of allylic oxidation sites excluding steroid dienone is 5. The first kappa shape index (κ1) is 29.4. The summed E-state index contributed by atoms with van der Waals surface area (Å²) in [5, 5.41) is 5.18. The smallest absolute Gasteiger partial charge is 0.422 e. The summed E-state index contributed by atoms with van der Waals surface area (Å²) in [6.07, 6.45) is 4.05. The highest BCUT2D eigenvalue weighted by atomic mass is 19.4. The SMILES string of the molecule is C=C1C(c2cccc(F)c2)=C(Cn2nc(/C(C)=C/N=C(\CC)OCC(F)(F)F)c3c(N)ncnc32)N=C2C=CC(C)=CN12. The van der Waals surface area contributed by atoms with E-state index in [0.29, 0.717) is 50.7 Å². The first-order valence-electron chi connectivity index (χ1n) is 13.3. The number of aromatic nitrogens is 4. The minimum Gasteiger partial charge on any atom is -0.471 e. The molecule has 0 fully saturated rings. The van der Waals surface area contributed by atoms with Crippen molar-refractivity contribution < 1.29 is 22.3 Å². The molecule has 3 aromatic rings. The molecular formula is C30H28F4N8O. The first-order chi connectivity index (χ1) is 20.4. The summed E-state index contributed by atoms with van der Waals surface area (Å²) in [5.41, 5.74) is 10.9. The molecule has 0 radical (unpaired) electrons. The van der Waals surface area contributed by atoms with Gasteiger partial charge in [-0.2, -0.15) is 18.3 Å². The minimum absolute atomic E-state index is 0.0829. The van der Waals surface area contributed by atoms with Gasteiger partial charge in [-0.3, -0.25) is 0 Å². The maximum absolute atomic E-state index is 14.4. The molecule has 2 N–H and O–H groups in total. The number of fused-ring (bicyclic) bond motifs is 2. The van der Waals surface area contributed by atoms with Gasteiger partial charge in [-0.25, -0.2) is 29.0 Å². The van der Waals surface area contributed by atoms with Crippen molar-refractivity contribution in [1.29, 1.82) is 0 Å². The third-order valence-corrected chi connectivity index (χ3v) is 6.64. The molecule has 0 bridgehead atoms. The van der Waals surface area contributed by atoms with E-state index < -0.39 is 18.6 Å². The van der Waals surface area contributed by atoms with E-state index in [9.17, 15) is 17.6 Å². The summed E-state index contributed by atoms with van der Waals surface area (Å²) in [4.78, 5) is 19.4. The van der Waals surface area contributed by atoms with Crippen molar-refractivity contribution in [2.75, 3.05) is 12.3 Å². The van der Waals surface area contributed by atoms with Gasteiger partial charge in [0.25, 0.3) is 0 Å². The molecule has 4 heterocycles. The number of rotatable bonds is 7. The van der Waals surface area contributed by atoms with Gasteiger partial charge in [-0.1, -0.05) is 31.7 Å². The number of halogens is 4. The van der Waals surface area contributed by atoms with Crippen LogP contribution in [-0.2, 0) is 11.3 Å². The summed E-state index contributed by atoms with van der Waals surface area (Å²) in [6, 6.07) is 6.18. The quantitative estimate of drug-likeness (QED) is 0.193. The number of hydrogen-bond acceptors (Lipinski definition) is 8. The van der Waals surface area contributed by atoms with Gasteiger partial charge < -0.3 is 15.4 Å². The van der Waals surface area contributed by atoms with Gasteiger partial charge in [-0.15, -0.1) is 0 Å². The van der Waals surface area contributed by atoms with Crippen LogP contribution < -0.4 is 5.73 Å². The zero-order chi connectivity index (χ0) is 30.9. The van der Waals surface area contributed by atoms with Gasteiger partial charge in [0.1, 0.15) is 29.5 Å². The molecular weight excluding hydrogens is 564 g/mol. The van der Waals surface area contributed by atoms with Crippen LogP contribution in [0, 0.1) is 5.82 Å². The molecule has 9 nitrogen and oxygen atoms in total. The van der Waals surface area contributed by atoms with Gasteiger partial charge in [0.05, 0.1) is 17.6 Å². The van der Waals surface area contributed by atoms with Crippen LogP contribution in [0.3, 0.4) is 0 Å². The monoisotopic (exact) mass is 592 g/mol. The lowest BCUT2D eigenvalue weighted by molar-refractivity contribution is -0.156. The number of benzene rings is 1. The summed E-state index contributed by atoms with van der Waals surface area (Å²) < 4.78 is 58.7. The average molecular weight is 593 g/mol. The molecule has 2 aliphatic rings. The lowest BCUT2D eigenvalue weighted by Crippen LogP contribution is -2.30. The van der Waals surface area contributed by atoms with Crippen molar-refractivity contribution in [1.82, 2.24) is 24.6 Å². The van der Waals surface area contributed by atoms with E-state index >= 15 is 0 Å². The molecule has 0 aliphatic carbocycles. The summed E-state index contributed by atoms with van der Waals surface area (Å²) >= 11 is 0. The number of nitrogens with zero attached hydrogens (tertiary/aromatic N) is 7. The van der Waals surface area contributed by atoms with E-state index in [1.807, 2.05) is 30.2 Å². The number of aliphatic imine (C=N–C) groups is 2. The Hall–Kier alpha value is -5.07. The third kappa shape index (κ3) is 6.25. The Labute approximate surface area is 244 Å². The highest BCUT2D eigenvalue weighted by molar-refractivity contribution is 6.03. The molecule has 0 atom stereocenters. The Morgan fingerprint density at radius 1 is 1.21 bits per heavy atom. The van der Waals surface area contributed by atoms with Crippen LogP contribution in [0.25, 0.3) is 22.2 Å². The fraction of sp³-hybridized carbons (Fsp3) is 0.233. The van der Waals surface area contributed by atoms with Crippen molar-refractivity contribution in [3.05, 3.63) is 95.8 Å². The van der Waals surface area contributed by atoms with Crippen LogP contribution >= 0.6 is 0 Å². The highest BCUT2D eigenvalue weighted by Gasteiger charge is 2.29. The molecule has 0 unspecified atom stereocenters. The van der Waals surface area contributed by atoms with Gasteiger partial charge in [0.15, 0.2) is 18.2 Å². The number of nitrogens with two attached hydrogens (primary N) is 1. The van der Waals surface area contributed by atoms with E-state index in [2.05, 4.69) is 21.5 Å². The fourth-order valence-electron chi connectivity index (χ4n) is 4.66. The highest BCUT2D eigenvalue weighted by Crippen LogP contribution is 2.37. The second-order valence-electron chi connectivity index (χ2n) is 9.88. The fourth-order valence-corrected chi connectivity index (χ4v) is 4.66. The van der Waals surface area contributed by atoms with Crippen LogP contribution in [0.4, 0.5) is 23.4 Å². The lowest BCUT2D eigenvalue weighted by Gasteiger charge is -2.32. The molecule has 0 amide bonds. The summed E-state index contributed by atoms with van der Waals surface area (Å²) in [7, 11) is 0. The van der Waals surface area contributed by atoms with Crippen molar-refractivity contribution in [3.63, 3.8) is 0 Å². The lowest BCUT2D eigenvalue weighted by atomic mass is 9.97. The molecule has 0 saturated carbocycles. The van der Waals surface area contributed by atoms with Crippen molar-refractivity contribution in [3.8, 4) is 0 Å². The summed E-state index contributed by atoms with van der Waals surface area (Å²) in [6.45, 7) is 8.26. The molecule has 43 heavy (non-hydrogen) atoms. The molecule has 222 valence electrons. The Morgan fingerprint density at radius 3 is 2.72 bits per heavy atom. The summed E-state index contributed by atoms with van der Waals surface area (Å²) in [5.74, 6) is 0.303. The van der Waals surface area contributed by atoms with E-state index in [-0.39, 0.29) is 24.7 Å². The van der Waals surface area contributed by atoms with Crippen LogP contribution in [-0.4, -0.2) is 49.2 Å². The molecule has 0 spiro atoms. The van der Waals surface area contributed by atoms with Crippen LogP contribution in [0.2, 0.25) is 0 Å².